The van der Waals surface area contributed by atoms with Crippen molar-refractivity contribution >= 4 is 53.4 Å². The summed E-state index contributed by atoms with van der Waals surface area (Å²) in [4.78, 5) is 68.2. The zero-order valence-electron chi connectivity index (χ0n) is 56.5. The van der Waals surface area contributed by atoms with Crippen LogP contribution in [-0.4, -0.2) is 128 Å². The number of carbonyl (C=O) groups excluding carboxylic acids is 5. The molecule has 0 amide bonds. The molecule has 0 spiro atoms. The van der Waals surface area contributed by atoms with Crippen LogP contribution >= 0.6 is 23.2 Å². The van der Waals surface area contributed by atoms with E-state index >= 15 is 0 Å². The Kier molecular flexibility index (Phi) is 38.7. The molecule has 496 valence electrons. The predicted molar refractivity (Wildman–Crippen MR) is 343 cm³/mol. The molecule has 1 atom stereocenters. The number of nitrogens with one attached hydrogen (secondary N) is 2. The van der Waals surface area contributed by atoms with Gasteiger partial charge in [0.05, 0.1) is 12.2 Å². The van der Waals surface area contributed by atoms with Crippen LogP contribution in [0.15, 0.2) is 97.1 Å². The maximum atomic E-state index is 12.9. The molecule has 0 fully saturated rings. The Labute approximate surface area is 644 Å². The van der Waals surface area contributed by atoms with Crippen LogP contribution in [0.25, 0.3) is 45.0 Å². The number of aliphatic carboxylic acids is 1. The summed E-state index contributed by atoms with van der Waals surface area (Å²) in [6.07, 6.45) is 5.70. The maximum absolute atomic E-state index is 12.9. The second-order valence-electron chi connectivity index (χ2n) is 21.6. The van der Waals surface area contributed by atoms with E-state index in [0.717, 1.165) is 89.5 Å². The summed E-state index contributed by atoms with van der Waals surface area (Å²) in [5.41, 5.74) is 7.60. The van der Waals surface area contributed by atoms with E-state index in [-0.39, 0.29) is 150 Å². The molecule has 4 aromatic carbocycles. The normalized spacial score (nSPS) is 10.9. The largest absolute Gasteiger partial charge is 1.00 e. The number of aliphatic hydroxyl groups excluding tert-OH is 1. The minimum absolute atomic E-state index is 0. The molecule has 29 heteroatoms. The van der Waals surface area contributed by atoms with Crippen molar-refractivity contribution in [1.82, 2.24) is 60.4 Å². The molecule has 0 saturated heterocycles. The first kappa shape index (κ1) is 82.4. The van der Waals surface area contributed by atoms with Gasteiger partial charge < -0.3 is 54.0 Å². The van der Waals surface area contributed by atoms with Gasteiger partial charge in [0.25, 0.3) is 0 Å². The van der Waals surface area contributed by atoms with Gasteiger partial charge in [-0.3, -0.25) is 0 Å². The fourth-order valence-corrected chi connectivity index (χ4v) is 9.42. The number of carboxylic acids is 1. The van der Waals surface area contributed by atoms with Crippen LogP contribution in [-0.2, 0) is 59.1 Å². The first-order chi connectivity index (χ1) is 44.2. The molecule has 0 bridgehead atoms. The number of esters is 2. The number of tetrazole rings is 2. The topological polar surface area (TPSA) is 329 Å². The Morgan fingerprint density at radius 2 is 0.915 bits per heavy atom. The van der Waals surface area contributed by atoms with E-state index < -0.39 is 43.8 Å². The van der Waals surface area contributed by atoms with Crippen LogP contribution in [0.3, 0.4) is 0 Å². The molecule has 0 saturated carbocycles. The van der Waals surface area contributed by atoms with Crippen molar-refractivity contribution in [2.24, 2.45) is 5.92 Å². The average Bonchev–Trinajstić information content (AvgIpc) is 1.75. The number of aliphatic hydroxyl groups is 1. The minimum atomic E-state index is -0.929. The number of benzene rings is 4. The number of aromatic amines is 2. The van der Waals surface area contributed by atoms with Crippen LogP contribution in [0.2, 0.25) is 10.3 Å². The molecule has 0 radical (unpaired) electrons. The van der Waals surface area contributed by atoms with Crippen molar-refractivity contribution in [3.8, 4) is 45.0 Å². The summed E-state index contributed by atoms with van der Waals surface area (Å²) in [5.74, 6) is -0.269. The molecule has 94 heavy (non-hydrogen) atoms. The first-order valence-electron chi connectivity index (χ1n) is 30.4. The van der Waals surface area contributed by atoms with E-state index in [4.69, 9.17) is 56.7 Å². The maximum Gasteiger partial charge on any atom is 1.00 e. The van der Waals surface area contributed by atoms with Crippen molar-refractivity contribution in [2.45, 2.75) is 165 Å². The van der Waals surface area contributed by atoms with Crippen LogP contribution < -0.4 is 108 Å². The number of rotatable bonds is 27. The number of halogens is 2. The quantitative estimate of drug-likeness (QED) is 0.0218. The fraction of sp³-hybridized carbons (Fsp3) is 0.431. The third-order valence-electron chi connectivity index (χ3n) is 13.3. The number of unbranched alkanes of at least 4 members (excludes halogenated alkanes) is 3. The van der Waals surface area contributed by atoms with Gasteiger partial charge in [-0.15, -0.1) is 20.4 Å². The Morgan fingerprint density at radius 3 is 1.22 bits per heavy atom. The van der Waals surface area contributed by atoms with Gasteiger partial charge in [0.2, 0.25) is 25.2 Å². The number of ether oxygens (including phenoxy) is 6. The summed E-state index contributed by atoms with van der Waals surface area (Å²) in [6, 6.07) is 31.4. The molecular formula is C65H82Cl2K2N12O13. The van der Waals surface area contributed by atoms with E-state index in [2.05, 4.69) is 72.0 Å². The Hall–Kier alpha value is -5.80. The van der Waals surface area contributed by atoms with E-state index in [1.807, 2.05) is 104 Å². The molecule has 8 rings (SSSR count). The molecule has 0 aliphatic carbocycles. The predicted octanol–water partition coefficient (Wildman–Crippen LogP) is 6.36. The smallest absolute Gasteiger partial charge is 1.00 e. The van der Waals surface area contributed by atoms with E-state index in [1.165, 1.54) is 0 Å². The SMILES string of the molecule is CC(C)O.CCCCC(CC)C(=O)[O-].CCCCc1nc(Cl)c(C(=O)OCOC(=O)OC(C)C)n1Cc1ccc(-c2ccccc2-c2nn[nH]n2)cc1.CCCCc1nc(Cl)c(C(=O)OCOC(=O)OC(C)C)n1Cc1ccc(-c2ccccc2-c2nn[nH]n2)cc1.[H-].[K+].[K+]. The van der Waals surface area contributed by atoms with Gasteiger partial charge in [-0.05, 0) is 117 Å². The van der Waals surface area contributed by atoms with Crippen LogP contribution in [0, 0.1) is 5.92 Å². The molecule has 1 unspecified atom stereocenters. The fourth-order valence-electron chi connectivity index (χ4n) is 8.86. The van der Waals surface area contributed by atoms with Crippen LogP contribution in [0.5, 0.6) is 0 Å². The summed E-state index contributed by atoms with van der Waals surface area (Å²) in [6.45, 7) is 17.7. The standard InChI is InChI=1S/2C27H29ClN6O5.C8H16O2.C3H8O.2K.H/c2*1-4-5-10-22-29-24(28)23(26(35)37-16-38-27(36)39-17(2)3)34(22)15-18-11-13-19(14-12-18)20-8-6-7-9-21(20)25-30-32-33-31-25;1-3-5-6-7(4-2)8(9)10;1-3(2)4;;;/h2*6-9,11-14,17H,4-5,10,15-16H2,1-3H3,(H,30,31,32,33);7H,3-6H2,1-2H3,(H,9,10);3-4H,1-2H3;;;/q;;;;2*+1;-1/p-1. The monoisotopic (exact) mass is 1390 g/mol. The Morgan fingerprint density at radius 1 is 0.553 bits per heavy atom. The van der Waals surface area contributed by atoms with Gasteiger partial charge in [0, 0.05) is 49.1 Å². The van der Waals surface area contributed by atoms with Crippen molar-refractivity contribution in [3.63, 3.8) is 0 Å². The Bertz CT molecular complexity index is 3340. The minimum Gasteiger partial charge on any atom is -1.00 e. The number of imidazole rings is 2. The molecular weight excluding hydrogens is 1310 g/mol. The van der Waals surface area contributed by atoms with Crippen LogP contribution in [0.1, 0.15) is 166 Å². The van der Waals surface area contributed by atoms with E-state index in [0.29, 0.717) is 55.6 Å². The van der Waals surface area contributed by atoms with Crippen molar-refractivity contribution in [2.75, 3.05) is 13.6 Å². The number of H-pyrrole nitrogens is 2. The number of carbonyl (C=O) groups is 5. The number of hydrogen-bond donors (Lipinski definition) is 3. The van der Waals surface area contributed by atoms with Crippen LogP contribution in [0.4, 0.5) is 9.59 Å². The number of aryl methyl sites for hydroxylation is 2. The zero-order chi connectivity index (χ0) is 67.1. The van der Waals surface area contributed by atoms with Gasteiger partial charge in [-0.25, -0.2) is 29.1 Å². The zero-order valence-corrected chi connectivity index (χ0v) is 63.3. The average molecular weight is 1390 g/mol. The van der Waals surface area contributed by atoms with Crippen molar-refractivity contribution in [1.29, 1.82) is 0 Å². The van der Waals surface area contributed by atoms with Gasteiger partial charge in [0.15, 0.2) is 21.7 Å². The van der Waals surface area contributed by atoms with Gasteiger partial charge in [-0.2, -0.15) is 10.4 Å². The third kappa shape index (κ3) is 27.0. The summed E-state index contributed by atoms with van der Waals surface area (Å²) < 4.78 is 33.2. The number of hydrogen-bond acceptors (Lipinski definition) is 21. The molecule has 8 aromatic rings. The second kappa shape index (κ2) is 44.1. The van der Waals surface area contributed by atoms with Crippen molar-refractivity contribution in [3.05, 3.63) is 142 Å². The summed E-state index contributed by atoms with van der Waals surface area (Å²) in [5, 5.41) is 47.2. The first-order valence-corrected chi connectivity index (χ1v) is 31.2. The number of carboxylic acid groups (broad SMARTS) is 1. The third-order valence-corrected chi connectivity index (χ3v) is 13.8. The molecule has 0 aliphatic heterocycles. The molecule has 4 heterocycles. The van der Waals surface area contributed by atoms with E-state index in [9.17, 15) is 29.1 Å². The molecule has 0 aliphatic rings. The molecule has 4 aromatic heterocycles. The summed E-state index contributed by atoms with van der Waals surface area (Å²) >= 11 is 12.8. The van der Waals surface area contributed by atoms with Gasteiger partial charge in [-0.1, -0.05) is 174 Å². The van der Waals surface area contributed by atoms with Gasteiger partial charge in [0.1, 0.15) is 11.6 Å². The second-order valence-corrected chi connectivity index (χ2v) is 22.3. The van der Waals surface area contributed by atoms with Gasteiger partial charge >= 0.3 is 127 Å². The molecule has 25 nitrogen and oxygen atoms in total. The summed E-state index contributed by atoms with van der Waals surface area (Å²) in [7, 11) is 0. The molecule has 3 N–H and O–H groups in total. The van der Waals surface area contributed by atoms with E-state index in [1.54, 1.807) is 50.7 Å². The number of nitrogens with zero attached hydrogens (tertiary/aromatic N) is 10. The Balaban J connectivity index is 0.000000524. The van der Waals surface area contributed by atoms with Crippen molar-refractivity contribution < 1.29 is 167 Å². The number of aromatic nitrogens is 12.